The number of rotatable bonds is 11. The molecule has 2 aromatic rings. The van der Waals surface area contributed by atoms with E-state index in [2.05, 4.69) is 47.6 Å². The molecule has 1 heterocycles. The average molecular weight is 452 g/mol. The number of hydrogen-bond donors (Lipinski definition) is 2. The number of nitrogens with one attached hydrogen (secondary N) is 1. The minimum absolute atomic E-state index is 0.256. The number of nitrogens with zero attached hydrogens (tertiary/aromatic N) is 1. The van der Waals surface area contributed by atoms with Crippen molar-refractivity contribution >= 4 is 23.2 Å². The van der Waals surface area contributed by atoms with Gasteiger partial charge in [0.2, 0.25) is 0 Å². The van der Waals surface area contributed by atoms with E-state index < -0.39 is 0 Å². The topological polar surface area (TPSA) is 59.8 Å². The van der Waals surface area contributed by atoms with Crippen molar-refractivity contribution in [2.45, 2.75) is 19.0 Å². The van der Waals surface area contributed by atoms with Crippen LogP contribution in [0.3, 0.4) is 0 Å². The zero-order chi connectivity index (χ0) is 21.3. The van der Waals surface area contributed by atoms with Gasteiger partial charge in [-0.3, -0.25) is 0 Å². The van der Waals surface area contributed by atoms with Crippen molar-refractivity contribution in [1.29, 1.82) is 0 Å². The van der Waals surface area contributed by atoms with Gasteiger partial charge in [0.15, 0.2) is 0 Å². The van der Waals surface area contributed by atoms with Crippen molar-refractivity contribution in [3.05, 3.63) is 68.7 Å². The molecular formula is C23H31Cl2N3O2. The molecule has 0 saturated heterocycles. The highest BCUT2D eigenvalue weighted by Crippen LogP contribution is 2.38. The number of benzene rings is 2. The molecule has 0 amide bonds. The Bertz CT molecular complexity index is 819. The van der Waals surface area contributed by atoms with Crippen molar-refractivity contribution in [2.75, 3.05) is 53.1 Å². The number of hydrogen-bond acceptors (Lipinski definition) is 5. The SMILES string of the molecule is CN1Cc2c(Cl)cc(Cl)cc2[C@H](c2cccc(CNCCOCCOCCN)c2)C1. The van der Waals surface area contributed by atoms with E-state index in [-0.39, 0.29) is 5.92 Å². The molecule has 1 aliphatic heterocycles. The van der Waals surface area contributed by atoms with Gasteiger partial charge in [-0.05, 0) is 41.4 Å². The first-order valence-electron chi connectivity index (χ1n) is 10.4. The summed E-state index contributed by atoms with van der Waals surface area (Å²) in [6.45, 7) is 6.35. The quantitative estimate of drug-likeness (QED) is 0.510. The van der Waals surface area contributed by atoms with E-state index in [4.69, 9.17) is 38.4 Å². The molecule has 3 rings (SSSR count). The lowest BCUT2D eigenvalue weighted by molar-refractivity contribution is 0.0518. The van der Waals surface area contributed by atoms with E-state index >= 15 is 0 Å². The molecule has 0 fully saturated rings. The summed E-state index contributed by atoms with van der Waals surface area (Å²) in [5.41, 5.74) is 10.3. The third kappa shape index (κ3) is 6.66. The maximum absolute atomic E-state index is 6.50. The fraction of sp³-hybridized carbons (Fsp3) is 0.478. The second kappa shape index (κ2) is 12.0. The van der Waals surface area contributed by atoms with Crippen LogP contribution in [-0.4, -0.2) is 58.0 Å². The number of nitrogens with two attached hydrogens (primary N) is 1. The summed E-state index contributed by atoms with van der Waals surface area (Å²) >= 11 is 12.8. The highest BCUT2D eigenvalue weighted by Gasteiger charge is 2.27. The van der Waals surface area contributed by atoms with Crippen LogP contribution in [0.5, 0.6) is 0 Å². The number of halogens is 2. The van der Waals surface area contributed by atoms with Crippen LogP contribution in [0.4, 0.5) is 0 Å². The Hall–Kier alpha value is -1.18. The Labute approximate surface area is 189 Å². The van der Waals surface area contributed by atoms with Gasteiger partial charge in [-0.15, -0.1) is 0 Å². The second-order valence-corrected chi connectivity index (χ2v) is 8.48. The largest absolute Gasteiger partial charge is 0.378 e. The normalized spacial score (nSPS) is 16.6. The van der Waals surface area contributed by atoms with Crippen LogP contribution in [-0.2, 0) is 22.6 Å². The number of fused-ring (bicyclic) bond motifs is 1. The van der Waals surface area contributed by atoms with Gasteiger partial charge < -0.3 is 25.4 Å². The summed E-state index contributed by atoms with van der Waals surface area (Å²) in [6, 6.07) is 12.6. The van der Waals surface area contributed by atoms with Crippen molar-refractivity contribution in [3.63, 3.8) is 0 Å². The molecule has 30 heavy (non-hydrogen) atoms. The van der Waals surface area contributed by atoms with Crippen molar-refractivity contribution in [1.82, 2.24) is 10.2 Å². The Balaban J connectivity index is 1.56. The van der Waals surface area contributed by atoms with Crippen LogP contribution in [0.25, 0.3) is 0 Å². The molecule has 164 valence electrons. The molecule has 0 radical (unpaired) electrons. The van der Waals surface area contributed by atoms with Crippen molar-refractivity contribution < 1.29 is 9.47 Å². The lowest BCUT2D eigenvalue weighted by Crippen LogP contribution is -2.31. The third-order valence-electron chi connectivity index (χ3n) is 5.23. The van der Waals surface area contributed by atoms with Gasteiger partial charge in [-0.25, -0.2) is 0 Å². The van der Waals surface area contributed by atoms with E-state index in [1.807, 2.05) is 6.07 Å². The van der Waals surface area contributed by atoms with Gasteiger partial charge in [0.05, 0.1) is 26.4 Å². The molecule has 0 unspecified atom stereocenters. The first kappa shape index (κ1) is 23.5. The first-order valence-corrected chi connectivity index (χ1v) is 11.2. The first-order chi connectivity index (χ1) is 14.6. The van der Waals surface area contributed by atoms with E-state index in [0.29, 0.717) is 38.0 Å². The molecule has 2 aromatic carbocycles. The highest BCUT2D eigenvalue weighted by atomic mass is 35.5. The molecule has 0 bridgehead atoms. The van der Waals surface area contributed by atoms with Gasteiger partial charge in [-0.2, -0.15) is 0 Å². The maximum Gasteiger partial charge on any atom is 0.0701 e. The van der Waals surface area contributed by atoms with Gasteiger partial charge in [0.25, 0.3) is 0 Å². The van der Waals surface area contributed by atoms with Crippen molar-refractivity contribution in [2.24, 2.45) is 5.73 Å². The molecule has 0 aliphatic carbocycles. The van der Waals surface area contributed by atoms with E-state index in [1.54, 1.807) is 0 Å². The average Bonchev–Trinajstić information content (AvgIpc) is 2.73. The summed E-state index contributed by atoms with van der Waals surface area (Å²) in [6.07, 6.45) is 0. The standard InChI is InChI=1S/C23H31Cl2N3O2/c1-28-15-21(20-12-19(24)13-23(25)22(20)16-28)18-4-2-3-17(11-18)14-27-6-8-30-10-9-29-7-5-26/h2-4,11-13,21,27H,5-10,14-16,26H2,1H3/t21-/m0/s1. The van der Waals surface area contributed by atoms with Gasteiger partial charge in [0, 0.05) is 48.7 Å². The van der Waals surface area contributed by atoms with E-state index in [9.17, 15) is 0 Å². The minimum atomic E-state index is 0.256. The monoisotopic (exact) mass is 451 g/mol. The van der Waals surface area contributed by atoms with Crippen LogP contribution in [0.15, 0.2) is 36.4 Å². The fourth-order valence-corrected chi connectivity index (χ4v) is 4.40. The Morgan fingerprint density at radius 3 is 2.70 bits per heavy atom. The highest BCUT2D eigenvalue weighted by molar-refractivity contribution is 6.35. The van der Waals surface area contributed by atoms with E-state index in [0.717, 1.165) is 31.2 Å². The summed E-state index contributed by atoms with van der Waals surface area (Å²) < 4.78 is 10.8. The molecule has 5 nitrogen and oxygen atoms in total. The lowest BCUT2D eigenvalue weighted by atomic mass is 9.84. The Morgan fingerprint density at radius 1 is 1.10 bits per heavy atom. The summed E-state index contributed by atoms with van der Waals surface area (Å²) in [7, 11) is 2.13. The Morgan fingerprint density at radius 2 is 1.90 bits per heavy atom. The zero-order valence-electron chi connectivity index (χ0n) is 17.5. The van der Waals surface area contributed by atoms with Crippen LogP contribution in [0.2, 0.25) is 10.0 Å². The predicted octanol–water partition coefficient (Wildman–Crippen LogP) is 3.65. The van der Waals surface area contributed by atoms with Gasteiger partial charge in [0.1, 0.15) is 0 Å². The third-order valence-corrected chi connectivity index (χ3v) is 5.79. The summed E-state index contributed by atoms with van der Waals surface area (Å²) in [4.78, 5) is 2.31. The van der Waals surface area contributed by atoms with Crippen LogP contribution in [0.1, 0.15) is 28.2 Å². The van der Waals surface area contributed by atoms with Crippen LogP contribution < -0.4 is 11.1 Å². The second-order valence-electron chi connectivity index (χ2n) is 7.64. The molecule has 1 atom stereocenters. The summed E-state index contributed by atoms with van der Waals surface area (Å²) in [5, 5.41) is 4.89. The predicted molar refractivity (Wildman–Crippen MR) is 123 cm³/mol. The lowest BCUT2D eigenvalue weighted by Gasteiger charge is -2.33. The number of ether oxygens (including phenoxy) is 2. The zero-order valence-corrected chi connectivity index (χ0v) is 19.0. The van der Waals surface area contributed by atoms with E-state index in [1.165, 1.54) is 22.3 Å². The molecular weight excluding hydrogens is 421 g/mol. The van der Waals surface area contributed by atoms with Crippen molar-refractivity contribution in [3.8, 4) is 0 Å². The minimum Gasteiger partial charge on any atom is -0.378 e. The molecule has 1 aliphatic rings. The Kier molecular flexibility index (Phi) is 9.40. The van der Waals surface area contributed by atoms with Crippen LogP contribution in [0, 0.1) is 0 Å². The summed E-state index contributed by atoms with van der Waals surface area (Å²) in [5.74, 6) is 0.256. The van der Waals surface area contributed by atoms with Gasteiger partial charge in [-0.1, -0.05) is 47.5 Å². The smallest absolute Gasteiger partial charge is 0.0701 e. The van der Waals surface area contributed by atoms with Crippen LogP contribution >= 0.6 is 23.2 Å². The molecule has 7 heteroatoms. The molecule has 0 saturated carbocycles. The maximum atomic E-state index is 6.50. The van der Waals surface area contributed by atoms with Gasteiger partial charge >= 0.3 is 0 Å². The number of likely N-dealkylation sites (N-methyl/N-ethyl adjacent to an activating group) is 1. The molecule has 0 spiro atoms. The fourth-order valence-electron chi connectivity index (χ4n) is 3.83. The molecule has 3 N–H and O–H groups in total. The molecule has 0 aromatic heterocycles.